The second-order valence-electron chi connectivity index (χ2n) is 9.63. The molecule has 180 valence electrons. The normalized spacial score (nSPS) is 14.9. The molecule has 5 heteroatoms. The summed E-state index contributed by atoms with van der Waals surface area (Å²) in [6.45, 7) is 6.25. The van der Waals surface area contributed by atoms with Gasteiger partial charge in [0, 0.05) is 41.8 Å². The molecule has 0 bridgehead atoms. The number of aryl methyl sites for hydroxylation is 1. The van der Waals surface area contributed by atoms with Crippen LogP contribution in [0.1, 0.15) is 35.2 Å². The van der Waals surface area contributed by atoms with E-state index in [9.17, 15) is 4.79 Å². The zero-order chi connectivity index (χ0) is 24.2. The number of hydrogen-bond donors (Lipinski definition) is 1. The van der Waals surface area contributed by atoms with Crippen molar-refractivity contribution in [2.75, 3.05) is 13.1 Å². The van der Waals surface area contributed by atoms with E-state index in [4.69, 9.17) is 11.6 Å². The van der Waals surface area contributed by atoms with Crippen LogP contribution in [0.3, 0.4) is 0 Å². The van der Waals surface area contributed by atoms with E-state index in [1.165, 1.54) is 27.7 Å². The Labute approximate surface area is 212 Å². The van der Waals surface area contributed by atoms with E-state index in [1.807, 2.05) is 24.3 Å². The SMILES string of the molecule is Cc1cccc(Cn2c(CN3CCC(C(=O)NCc4ccccc4Cl)CC3)cc3ccccc32)c1. The molecule has 3 aromatic carbocycles. The molecule has 1 amide bonds. The lowest BCUT2D eigenvalue weighted by molar-refractivity contribution is -0.126. The van der Waals surface area contributed by atoms with Crippen molar-refractivity contribution in [3.63, 3.8) is 0 Å². The van der Waals surface area contributed by atoms with Crippen LogP contribution in [0.2, 0.25) is 5.02 Å². The molecule has 1 N–H and O–H groups in total. The highest BCUT2D eigenvalue weighted by molar-refractivity contribution is 6.31. The molecule has 1 aliphatic heterocycles. The van der Waals surface area contributed by atoms with Gasteiger partial charge in [-0.25, -0.2) is 0 Å². The van der Waals surface area contributed by atoms with Crippen molar-refractivity contribution in [1.82, 2.24) is 14.8 Å². The first-order valence-corrected chi connectivity index (χ1v) is 12.8. The van der Waals surface area contributed by atoms with Crippen molar-refractivity contribution in [2.45, 2.75) is 39.4 Å². The van der Waals surface area contributed by atoms with Gasteiger partial charge in [0.2, 0.25) is 5.91 Å². The number of carbonyl (C=O) groups is 1. The van der Waals surface area contributed by atoms with Gasteiger partial charge < -0.3 is 9.88 Å². The number of hydrogen-bond acceptors (Lipinski definition) is 2. The molecule has 0 saturated carbocycles. The molecule has 0 unspecified atom stereocenters. The average molecular weight is 486 g/mol. The van der Waals surface area contributed by atoms with E-state index < -0.39 is 0 Å². The number of amides is 1. The number of nitrogens with zero attached hydrogens (tertiary/aromatic N) is 2. The Morgan fingerprint density at radius 1 is 0.943 bits per heavy atom. The minimum Gasteiger partial charge on any atom is -0.352 e. The van der Waals surface area contributed by atoms with Gasteiger partial charge in [-0.1, -0.05) is 77.8 Å². The number of carbonyl (C=O) groups excluding carboxylic acids is 1. The zero-order valence-electron chi connectivity index (χ0n) is 20.2. The maximum Gasteiger partial charge on any atom is 0.223 e. The van der Waals surface area contributed by atoms with Crippen molar-refractivity contribution < 1.29 is 4.79 Å². The number of likely N-dealkylation sites (tertiary alicyclic amines) is 1. The number of fused-ring (bicyclic) bond motifs is 1. The molecule has 0 atom stereocenters. The third kappa shape index (κ3) is 5.61. The van der Waals surface area contributed by atoms with Crippen LogP contribution >= 0.6 is 11.6 Å². The summed E-state index contributed by atoms with van der Waals surface area (Å²) >= 11 is 6.23. The number of piperidine rings is 1. The topological polar surface area (TPSA) is 37.3 Å². The monoisotopic (exact) mass is 485 g/mol. The second kappa shape index (κ2) is 10.7. The van der Waals surface area contributed by atoms with E-state index in [2.05, 4.69) is 76.3 Å². The number of aromatic nitrogens is 1. The first-order valence-electron chi connectivity index (χ1n) is 12.4. The van der Waals surface area contributed by atoms with Gasteiger partial charge in [-0.2, -0.15) is 0 Å². The van der Waals surface area contributed by atoms with Gasteiger partial charge in [0.25, 0.3) is 0 Å². The predicted octanol–water partition coefficient (Wildman–Crippen LogP) is 6.18. The zero-order valence-corrected chi connectivity index (χ0v) is 21.0. The number of nitrogens with one attached hydrogen (secondary N) is 1. The summed E-state index contributed by atoms with van der Waals surface area (Å²) in [6.07, 6.45) is 1.76. The van der Waals surface area contributed by atoms with Crippen molar-refractivity contribution in [1.29, 1.82) is 0 Å². The van der Waals surface area contributed by atoms with Crippen LogP contribution in [0.15, 0.2) is 78.9 Å². The highest BCUT2D eigenvalue weighted by Crippen LogP contribution is 2.25. The van der Waals surface area contributed by atoms with Crippen molar-refractivity contribution >= 4 is 28.4 Å². The molecule has 35 heavy (non-hydrogen) atoms. The van der Waals surface area contributed by atoms with Gasteiger partial charge in [0.15, 0.2) is 0 Å². The molecule has 0 aliphatic carbocycles. The Morgan fingerprint density at radius 2 is 1.71 bits per heavy atom. The van der Waals surface area contributed by atoms with Crippen molar-refractivity contribution in [2.24, 2.45) is 5.92 Å². The highest BCUT2D eigenvalue weighted by atomic mass is 35.5. The largest absolute Gasteiger partial charge is 0.352 e. The Kier molecular flexibility index (Phi) is 7.21. The van der Waals surface area contributed by atoms with E-state index in [1.54, 1.807) is 0 Å². The van der Waals surface area contributed by atoms with Gasteiger partial charge in [-0.3, -0.25) is 9.69 Å². The summed E-state index contributed by atoms with van der Waals surface area (Å²) in [5.74, 6) is 0.199. The number of rotatable bonds is 7. The van der Waals surface area contributed by atoms with Crippen molar-refractivity contribution in [3.05, 3.63) is 106 Å². The lowest BCUT2D eigenvalue weighted by atomic mass is 9.95. The van der Waals surface area contributed by atoms with Crippen LogP contribution < -0.4 is 5.32 Å². The fourth-order valence-corrected chi connectivity index (χ4v) is 5.33. The van der Waals surface area contributed by atoms with Gasteiger partial charge in [0.1, 0.15) is 0 Å². The number of halogens is 1. The third-order valence-corrected chi connectivity index (χ3v) is 7.44. The average Bonchev–Trinajstić information content (AvgIpc) is 3.20. The minimum atomic E-state index is 0.0619. The van der Waals surface area contributed by atoms with E-state index in [0.717, 1.165) is 44.6 Å². The molecular weight excluding hydrogens is 454 g/mol. The van der Waals surface area contributed by atoms with Gasteiger partial charge in [-0.15, -0.1) is 0 Å². The van der Waals surface area contributed by atoms with Gasteiger partial charge in [-0.05, 0) is 67.6 Å². The van der Waals surface area contributed by atoms with Crippen LogP contribution in [0.5, 0.6) is 0 Å². The van der Waals surface area contributed by atoms with Crippen LogP contribution in [0, 0.1) is 12.8 Å². The maximum atomic E-state index is 12.8. The third-order valence-electron chi connectivity index (χ3n) is 7.07. The Morgan fingerprint density at radius 3 is 2.51 bits per heavy atom. The Hall–Kier alpha value is -3.08. The molecule has 1 aromatic heterocycles. The van der Waals surface area contributed by atoms with Crippen LogP contribution in [0.25, 0.3) is 10.9 Å². The first kappa shape index (κ1) is 23.7. The smallest absolute Gasteiger partial charge is 0.223 e. The quantitative estimate of drug-likeness (QED) is 0.339. The molecular formula is C30H32ClN3O. The molecule has 5 rings (SSSR count). The lowest BCUT2D eigenvalue weighted by Gasteiger charge is -2.31. The summed E-state index contributed by atoms with van der Waals surface area (Å²) in [5.41, 5.74) is 6.17. The molecule has 0 spiro atoms. The minimum absolute atomic E-state index is 0.0619. The number of benzene rings is 3. The van der Waals surface area contributed by atoms with Crippen molar-refractivity contribution in [3.8, 4) is 0 Å². The van der Waals surface area contributed by atoms with Gasteiger partial charge >= 0.3 is 0 Å². The molecule has 4 nitrogen and oxygen atoms in total. The Bertz CT molecular complexity index is 1320. The molecule has 4 aromatic rings. The fourth-order valence-electron chi connectivity index (χ4n) is 5.13. The van der Waals surface area contributed by atoms with Crippen LogP contribution in [0.4, 0.5) is 0 Å². The first-order chi connectivity index (χ1) is 17.1. The highest BCUT2D eigenvalue weighted by Gasteiger charge is 2.25. The summed E-state index contributed by atoms with van der Waals surface area (Å²) in [5, 5.41) is 5.07. The van der Waals surface area contributed by atoms with E-state index in [0.29, 0.717) is 11.6 Å². The molecule has 2 heterocycles. The summed E-state index contributed by atoms with van der Waals surface area (Å²) < 4.78 is 2.45. The fraction of sp³-hybridized carbons (Fsp3) is 0.300. The standard InChI is InChI=1S/C30H32ClN3O/c1-22-7-6-8-23(17-22)20-34-27(18-25-9-3-5-12-29(25)34)21-33-15-13-24(14-16-33)30(35)32-19-26-10-2-4-11-28(26)31/h2-12,17-18,24H,13-16,19-21H2,1H3,(H,32,35). The van der Waals surface area contributed by atoms with Gasteiger partial charge in [0.05, 0.1) is 0 Å². The van der Waals surface area contributed by atoms with E-state index >= 15 is 0 Å². The summed E-state index contributed by atoms with van der Waals surface area (Å²) in [7, 11) is 0. The molecule has 1 aliphatic rings. The van der Waals surface area contributed by atoms with Crippen LogP contribution in [-0.2, 0) is 24.4 Å². The summed E-state index contributed by atoms with van der Waals surface area (Å²) in [4.78, 5) is 15.3. The Balaban J connectivity index is 1.23. The predicted molar refractivity (Wildman–Crippen MR) is 144 cm³/mol. The molecule has 1 fully saturated rings. The van der Waals surface area contributed by atoms with E-state index in [-0.39, 0.29) is 11.8 Å². The summed E-state index contributed by atoms with van der Waals surface area (Å²) in [6, 6.07) is 27.4. The second-order valence-corrected chi connectivity index (χ2v) is 10.0. The van der Waals surface area contributed by atoms with Crippen LogP contribution in [-0.4, -0.2) is 28.5 Å². The molecule has 0 radical (unpaired) electrons. The molecule has 1 saturated heterocycles. The number of para-hydroxylation sites is 1. The lowest BCUT2D eigenvalue weighted by Crippen LogP contribution is -2.40. The maximum absolute atomic E-state index is 12.8.